The van der Waals surface area contributed by atoms with Crippen LogP contribution in [0.2, 0.25) is 5.02 Å². The Kier molecular flexibility index (Phi) is 8.03. The number of hydrogen-bond donors (Lipinski definition) is 1. The van der Waals surface area contributed by atoms with Crippen LogP contribution in [0.4, 0.5) is 0 Å². The Labute approximate surface area is 208 Å². The van der Waals surface area contributed by atoms with Gasteiger partial charge in [-0.05, 0) is 42.7 Å². The molecule has 1 aliphatic rings. The Morgan fingerprint density at radius 2 is 1.91 bits per heavy atom. The zero-order valence-electron chi connectivity index (χ0n) is 18.7. The number of benzene rings is 2. The second-order valence-corrected chi connectivity index (χ2v) is 9.33. The minimum absolute atomic E-state index is 0.0539. The monoisotopic (exact) mass is 495 g/mol. The van der Waals surface area contributed by atoms with Crippen molar-refractivity contribution < 1.29 is 9.59 Å². The van der Waals surface area contributed by atoms with E-state index in [-0.39, 0.29) is 23.6 Å². The normalized spacial score (nSPS) is 15.3. The molecule has 1 saturated heterocycles. The van der Waals surface area contributed by atoms with E-state index < -0.39 is 0 Å². The fourth-order valence-corrected chi connectivity index (χ4v) is 4.88. The first-order valence-electron chi connectivity index (χ1n) is 11.1. The molecule has 1 atom stereocenters. The lowest BCUT2D eigenvalue weighted by molar-refractivity contribution is -0.118. The molecule has 1 aromatic heterocycles. The van der Waals surface area contributed by atoms with Crippen LogP contribution in [0, 0.1) is 0 Å². The van der Waals surface area contributed by atoms with E-state index in [4.69, 9.17) is 11.6 Å². The third-order valence-electron chi connectivity index (χ3n) is 5.62. The topological polar surface area (TPSA) is 80.1 Å². The summed E-state index contributed by atoms with van der Waals surface area (Å²) in [6, 6.07) is 16.5. The average Bonchev–Trinajstić information content (AvgIpc) is 3.49. The van der Waals surface area contributed by atoms with E-state index in [0.29, 0.717) is 41.2 Å². The largest absolute Gasteiger partial charge is 0.351 e. The van der Waals surface area contributed by atoms with Crippen LogP contribution in [-0.4, -0.2) is 43.8 Å². The van der Waals surface area contributed by atoms with Crippen molar-refractivity contribution in [2.24, 2.45) is 0 Å². The summed E-state index contributed by atoms with van der Waals surface area (Å²) in [7, 11) is 0. The minimum Gasteiger partial charge on any atom is -0.351 e. The van der Waals surface area contributed by atoms with Gasteiger partial charge in [0.2, 0.25) is 5.91 Å². The molecule has 0 bridgehead atoms. The second-order valence-electron chi connectivity index (χ2n) is 7.95. The Balaban J connectivity index is 1.44. The lowest BCUT2D eigenvalue weighted by Gasteiger charge is -2.24. The van der Waals surface area contributed by atoms with Gasteiger partial charge in [-0.2, -0.15) is 0 Å². The number of rotatable bonds is 9. The van der Waals surface area contributed by atoms with Gasteiger partial charge >= 0.3 is 0 Å². The maximum atomic E-state index is 13.2. The summed E-state index contributed by atoms with van der Waals surface area (Å²) in [5.41, 5.74) is 1.64. The molecule has 2 amide bonds. The fourth-order valence-electron chi connectivity index (χ4n) is 3.97. The van der Waals surface area contributed by atoms with Gasteiger partial charge in [0.25, 0.3) is 5.91 Å². The number of amides is 2. The standard InChI is InChI=1S/C25H26ClN5O2S/c1-2-14-31-23(21-9-6-15-30(21)24(33)19-10-12-20(26)13-11-19)28-29-25(31)34-17-22(32)27-16-18-7-4-3-5-8-18/h2-5,7-8,10-13,21H,1,6,9,14-17H2,(H,27,32). The fraction of sp³-hybridized carbons (Fsp3) is 0.280. The van der Waals surface area contributed by atoms with Crippen molar-refractivity contribution in [2.75, 3.05) is 12.3 Å². The number of hydrogen-bond acceptors (Lipinski definition) is 5. The van der Waals surface area contributed by atoms with Crippen LogP contribution < -0.4 is 5.32 Å². The highest BCUT2D eigenvalue weighted by Crippen LogP contribution is 2.34. The van der Waals surface area contributed by atoms with E-state index >= 15 is 0 Å². The summed E-state index contributed by atoms with van der Waals surface area (Å²) >= 11 is 7.30. The molecule has 2 heterocycles. The molecule has 0 radical (unpaired) electrons. The molecule has 0 saturated carbocycles. The van der Waals surface area contributed by atoms with Crippen LogP contribution in [0.25, 0.3) is 0 Å². The van der Waals surface area contributed by atoms with Crippen LogP contribution in [0.15, 0.2) is 72.4 Å². The summed E-state index contributed by atoms with van der Waals surface area (Å²) in [6.07, 6.45) is 3.46. The van der Waals surface area contributed by atoms with E-state index in [9.17, 15) is 9.59 Å². The molecule has 34 heavy (non-hydrogen) atoms. The molecule has 1 N–H and O–H groups in total. The van der Waals surface area contributed by atoms with Crippen LogP contribution >= 0.6 is 23.4 Å². The lowest BCUT2D eigenvalue weighted by Crippen LogP contribution is -2.32. The molecule has 0 aliphatic carbocycles. The molecule has 2 aromatic carbocycles. The summed E-state index contributed by atoms with van der Waals surface area (Å²) in [4.78, 5) is 27.4. The van der Waals surface area contributed by atoms with Crippen molar-refractivity contribution in [1.29, 1.82) is 0 Å². The SMILES string of the molecule is C=CCn1c(SCC(=O)NCc2ccccc2)nnc1C1CCCN1C(=O)c1ccc(Cl)cc1. The second kappa shape index (κ2) is 11.4. The molecule has 0 spiro atoms. The maximum Gasteiger partial charge on any atom is 0.254 e. The van der Waals surface area contributed by atoms with Crippen molar-refractivity contribution in [3.8, 4) is 0 Å². The van der Waals surface area contributed by atoms with E-state index in [2.05, 4.69) is 22.1 Å². The van der Waals surface area contributed by atoms with E-state index in [0.717, 1.165) is 18.4 Å². The first-order chi connectivity index (χ1) is 16.6. The van der Waals surface area contributed by atoms with Gasteiger partial charge in [-0.25, -0.2) is 0 Å². The van der Waals surface area contributed by atoms with Crippen LogP contribution in [0.5, 0.6) is 0 Å². The van der Waals surface area contributed by atoms with Gasteiger partial charge in [-0.3, -0.25) is 9.59 Å². The Hall–Kier alpha value is -3.10. The molecule has 1 aliphatic heterocycles. The molecule has 3 aromatic rings. The van der Waals surface area contributed by atoms with Crippen LogP contribution in [0.1, 0.15) is 40.6 Å². The molecule has 1 unspecified atom stereocenters. The van der Waals surface area contributed by atoms with Gasteiger partial charge in [0, 0.05) is 30.2 Å². The van der Waals surface area contributed by atoms with Gasteiger partial charge in [-0.15, -0.1) is 16.8 Å². The molecule has 1 fully saturated rings. The van der Waals surface area contributed by atoms with Gasteiger partial charge < -0.3 is 14.8 Å². The van der Waals surface area contributed by atoms with Crippen molar-refractivity contribution in [1.82, 2.24) is 25.0 Å². The first kappa shape index (κ1) is 24.0. The first-order valence-corrected chi connectivity index (χ1v) is 12.5. The van der Waals surface area contributed by atoms with Gasteiger partial charge in [-0.1, -0.05) is 59.8 Å². The highest BCUT2D eigenvalue weighted by Gasteiger charge is 2.34. The molecule has 4 rings (SSSR count). The minimum atomic E-state index is -0.183. The Morgan fingerprint density at radius 1 is 1.15 bits per heavy atom. The number of nitrogens with one attached hydrogen (secondary N) is 1. The summed E-state index contributed by atoms with van der Waals surface area (Å²) in [5.74, 6) is 0.804. The van der Waals surface area contributed by atoms with E-state index in [1.807, 2.05) is 39.8 Å². The van der Waals surface area contributed by atoms with Crippen LogP contribution in [-0.2, 0) is 17.9 Å². The third-order valence-corrected chi connectivity index (χ3v) is 6.84. The van der Waals surface area contributed by atoms with Crippen molar-refractivity contribution in [2.45, 2.75) is 37.1 Å². The highest BCUT2D eigenvalue weighted by atomic mass is 35.5. The molecular formula is C25H26ClN5O2S. The zero-order chi connectivity index (χ0) is 23.9. The Bertz CT molecular complexity index is 1150. The lowest BCUT2D eigenvalue weighted by atomic mass is 10.1. The third kappa shape index (κ3) is 5.69. The van der Waals surface area contributed by atoms with Crippen molar-refractivity contribution in [3.63, 3.8) is 0 Å². The quantitative estimate of drug-likeness (QED) is 0.349. The molecule has 9 heteroatoms. The van der Waals surface area contributed by atoms with E-state index in [1.165, 1.54) is 11.8 Å². The average molecular weight is 496 g/mol. The summed E-state index contributed by atoms with van der Waals surface area (Å²) in [5, 5.41) is 12.9. The predicted molar refractivity (Wildman–Crippen MR) is 134 cm³/mol. The van der Waals surface area contributed by atoms with Gasteiger partial charge in [0.15, 0.2) is 11.0 Å². The predicted octanol–water partition coefficient (Wildman–Crippen LogP) is 4.50. The maximum absolute atomic E-state index is 13.2. The van der Waals surface area contributed by atoms with Crippen LogP contribution in [0.3, 0.4) is 0 Å². The number of thioether (sulfide) groups is 1. The smallest absolute Gasteiger partial charge is 0.254 e. The number of nitrogens with zero attached hydrogens (tertiary/aromatic N) is 4. The van der Waals surface area contributed by atoms with Crippen molar-refractivity contribution >= 4 is 35.2 Å². The number of likely N-dealkylation sites (tertiary alicyclic amines) is 1. The zero-order valence-corrected chi connectivity index (χ0v) is 20.3. The summed E-state index contributed by atoms with van der Waals surface area (Å²) < 4.78 is 1.94. The van der Waals surface area contributed by atoms with E-state index in [1.54, 1.807) is 30.3 Å². The van der Waals surface area contributed by atoms with Gasteiger partial charge in [0.05, 0.1) is 11.8 Å². The number of aromatic nitrogens is 3. The Morgan fingerprint density at radius 3 is 2.65 bits per heavy atom. The highest BCUT2D eigenvalue weighted by molar-refractivity contribution is 7.99. The number of carbonyl (C=O) groups is 2. The number of allylic oxidation sites excluding steroid dienone is 1. The number of carbonyl (C=O) groups excluding carboxylic acids is 2. The van der Waals surface area contributed by atoms with Gasteiger partial charge in [0.1, 0.15) is 0 Å². The molecular weight excluding hydrogens is 470 g/mol. The molecule has 7 nitrogen and oxygen atoms in total. The van der Waals surface area contributed by atoms with Crippen molar-refractivity contribution in [3.05, 3.63) is 89.2 Å². The summed E-state index contributed by atoms with van der Waals surface area (Å²) in [6.45, 7) is 5.48. The number of halogens is 1. The molecule has 176 valence electrons.